The average Bonchev–Trinajstić information content (AvgIpc) is 2.41. The Labute approximate surface area is 113 Å². The van der Waals surface area contributed by atoms with E-state index in [1.54, 1.807) is 13.0 Å². The number of rotatable bonds is 1. The molecule has 0 aliphatic carbocycles. The van der Waals surface area contributed by atoms with Crippen molar-refractivity contribution in [3.8, 4) is 0 Å². The average molecular weight is 288 g/mol. The Balaban J connectivity index is 2.40. The van der Waals surface area contributed by atoms with Gasteiger partial charge in [0, 0.05) is 17.1 Å². The second-order valence-corrected chi connectivity index (χ2v) is 7.88. The molecule has 5 heteroatoms. The summed E-state index contributed by atoms with van der Waals surface area (Å²) in [7, 11) is -3.05. The van der Waals surface area contributed by atoms with Crippen molar-refractivity contribution in [1.82, 2.24) is 5.32 Å². The van der Waals surface area contributed by atoms with Crippen molar-refractivity contribution in [1.29, 1.82) is 0 Å². The van der Waals surface area contributed by atoms with Crippen molar-refractivity contribution >= 4 is 21.4 Å². The Hall–Kier alpha value is -0.580. The lowest BCUT2D eigenvalue weighted by molar-refractivity contribution is 0.452. The van der Waals surface area contributed by atoms with Crippen LogP contribution in [0, 0.1) is 0 Å². The fourth-order valence-electron chi connectivity index (χ4n) is 2.33. The third-order valence-corrected chi connectivity index (χ3v) is 5.99. The van der Waals surface area contributed by atoms with Crippen molar-refractivity contribution < 1.29 is 8.42 Å². The molecule has 3 nitrogen and oxygen atoms in total. The first-order valence-electron chi connectivity index (χ1n) is 6.13. The zero-order valence-corrected chi connectivity index (χ0v) is 12.1. The Morgan fingerprint density at radius 3 is 2.72 bits per heavy atom. The normalized spacial score (nSPS) is 31.8. The first-order valence-corrected chi connectivity index (χ1v) is 8.22. The molecule has 0 bridgehead atoms. The van der Waals surface area contributed by atoms with Crippen molar-refractivity contribution in [3.63, 3.8) is 0 Å². The van der Waals surface area contributed by atoms with Crippen LogP contribution in [-0.4, -0.2) is 25.5 Å². The quantitative estimate of drug-likeness (QED) is 0.863. The van der Waals surface area contributed by atoms with Gasteiger partial charge in [0.15, 0.2) is 9.84 Å². The van der Waals surface area contributed by atoms with Crippen molar-refractivity contribution in [2.24, 2.45) is 0 Å². The molecule has 0 radical (unpaired) electrons. The molecular formula is C13H18ClNO2S. The van der Waals surface area contributed by atoms with E-state index in [0.29, 0.717) is 11.4 Å². The molecule has 3 atom stereocenters. The fourth-order valence-corrected chi connectivity index (χ4v) is 4.23. The summed E-state index contributed by atoms with van der Waals surface area (Å²) in [5, 5.41) is 3.60. The van der Waals surface area contributed by atoms with Gasteiger partial charge in [0.1, 0.15) is 0 Å². The number of halogens is 1. The van der Waals surface area contributed by atoms with Crippen molar-refractivity contribution in [2.75, 3.05) is 5.75 Å². The van der Waals surface area contributed by atoms with Gasteiger partial charge in [-0.2, -0.15) is 0 Å². The van der Waals surface area contributed by atoms with Gasteiger partial charge in [-0.1, -0.05) is 23.7 Å². The molecule has 0 spiro atoms. The fraction of sp³-hybridized carbons (Fsp3) is 0.538. The molecule has 1 N–H and O–H groups in total. The van der Waals surface area contributed by atoms with Gasteiger partial charge in [-0.15, -0.1) is 0 Å². The molecule has 3 unspecified atom stereocenters. The zero-order chi connectivity index (χ0) is 13.3. The molecule has 2 rings (SSSR count). The summed E-state index contributed by atoms with van der Waals surface area (Å²) >= 11 is 5.98. The number of sulfone groups is 1. The first kappa shape index (κ1) is 13.8. The van der Waals surface area contributed by atoms with Crippen LogP contribution in [0.1, 0.15) is 31.9 Å². The lowest BCUT2D eigenvalue weighted by Gasteiger charge is -2.24. The van der Waals surface area contributed by atoms with Crippen molar-refractivity contribution in [2.45, 2.75) is 37.6 Å². The summed E-state index contributed by atoms with van der Waals surface area (Å²) in [4.78, 5) is 0. The van der Waals surface area contributed by atoms with Crippen LogP contribution in [0.15, 0.2) is 24.3 Å². The molecule has 1 fully saturated rings. The van der Waals surface area contributed by atoms with E-state index >= 15 is 0 Å². The molecule has 1 saturated heterocycles. The highest BCUT2D eigenvalue weighted by Gasteiger charge is 2.34. The standard InChI is InChI=1S/C13H18ClNO2S/c1-9-6-7-18(16,17)10(2)13(15-9)11-4-3-5-12(14)8-11/h3-5,8-10,13,15H,6-7H2,1-2H3. The highest BCUT2D eigenvalue weighted by Crippen LogP contribution is 2.28. The Bertz CT molecular complexity index is 530. The van der Waals surface area contributed by atoms with Crippen molar-refractivity contribution in [3.05, 3.63) is 34.9 Å². The number of hydrogen-bond donors (Lipinski definition) is 1. The Morgan fingerprint density at radius 1 is 1.33 bits per heavy atom. The van der Waals surface area contributed by atoms with Gasteiger partial charge in [-0.25, -0.2) is 8.42 Å². The lowest BCUT2D eigenvalue weighted by Crippen LogP contribution is -2.36. The topological polar surface area (TPSA) is 46.2 Å². The van der Waals surface area contributed by atoms with Crippen LogP contribution in [0.25, 0.3) is 0 Å². The molecule has 0 saturated carbocycles. The van der Waals surface area contributed by atoms with Gasteiger partial charge in [-0.05, 0) is 38.0 Å². The van der Waals surface area contributed by atoms with E-state index in [1.165, 1.54) is 0 Å². The smallest absolute Gasteiger partial charge is 0.154 e. The summed E-state index contributed by atoms with van der Waals surface area (Å²) in [6, 6.07) is 7.41. The monoisotopic (exact) mass is 287 g/mol. The van der Waals surface area contributed by atoms with Gasteiger partial charge in [-0.3, -0.25) is 0 Å². The second kappa shape index (κ2) is 5.19. The largest absolute Gasteiger partial charge is 0.306 e. The molecule has 100 valence electrons. The summed E-state index contributed by atoms with van der Waals surface area (Å²) in [5.41, 5.74) is 0.937. The third-order valence-electron chi connectivity index (χ3n) is 3.54. The molecular weight excluding hydrogens is 270 g/mol. The minimum Gasteiger partial charge on any atom is -0.306 e. The maximum absolute atomic E-state index is 12.1. The molecule has 1 heterocycles. The van der Waals surface area contributed by atoms with E-state index in [1.807, 2.05) is 25.1 Å². The number of benzene rings is 1. The summed E-state index contributed by atoms with van der Waals surface area (Å²) < 4.78 is 24.3. The molecule has 18 heavy (non-hydrogen) atoms. The van der Waals surface area contributed by atoms with Gasteiger partial charge < -0.3 is 5.32 Å². The first-order chi connectivity index (χ1) is 8.40. The maximum atomic E-state index is 12.1. The molecule has 0 aromatic heterocycles. The summed E-state index contributed by atoms with van der Waals surface area (Å²) in [6.07, 6.45) is 0.656. The van der Waals surface area contributed by atoms with E-state index in [9.17, 15) is 8.42 Å². The van der Waals surface area contributed by atoms with Crippen LogP contribution in [0.5, 0.6) is 0 Å². The third kappa shape index (κ3) is 2.87. The van der Waals surface area contributed by atoms with E-state index in [-0.39, 0.29) is 17.8 Å². The highest BCUT2D eigenvalue weighted by molar-refractivity contribution is 7.92. The minimum absolute atomic E-state index is 0.189. The van der Waals surface area contributed by atoms with Gasteiger partial charge in [0.2, 0.25) is 0 Å². The van der Waals surface area contributed by atoms with Crippen LogP contribution in [0.4, 0.5) is 0 Å². The molecule has 0 amide bonds. The molecule has 1 aliphatic rings. The van der Waals surface area contributed by atoms with Gasteiger partial charge in [0.25, 0.3) is 0 Å². The Morgan fingerprint density at radius 2 is 2.06 bits per heavy atom. The van der Waals surface area contributed by atoms with Crippen LogP contribution in [0.3, 0.4) is 0 Å². The predicted octanol–water partition coefficient (Wildman–Crippen LogP) is 2.57. The van der Waals surface area contributed by atoms with Crippen LogP contribution in [0.2, 0.25) is 5.02 Å². The van der Waals surface area contributed by atoms with Gasteiger partial charge in [0.05, 0.1) is 11.0 Å². The van der Waals surface area contributed by atoms with E-state index in [4.69, 9.17) is 11.6 Å². The van der Waals surface area contributed by atoms with E-state index < -0.39 is 15.1 Å². The summed E-state index contributed by atoms with van der Waals surface area (Å²) in [5.74, 6) is 0.249. The van der Waals surface area contributed by atoms with Crippen LogP contribution >= 0.6 is 11.6 Å². The van der Waals surface area contributed by atoms with Crippen LogP contribution < -0.4 is 5.32 Å². The van der Waals surface area contributed by atoms with Crippen LogP contribution in [-0.2, 0) is 9.84 Å². The molecule has 1 aromatic rings. The highest BCUT2D eigenvalue weighted by atomic mass is 35.5. The minimum atomic E-state index is -3.05. The zero-order valence-electron chi connectivity index (χ0n) is 10.6. The Kier molecular flexibility index (Phi) is 3.99. The second-order valence-electron chi connectivity index (χ2n) is 4.96. The lowest BCUT2D eigenvalue weighted by atomic mass is 10.0. The summed E-state index contributed by atoms with van der Waals surface area (Å²) in [6.45, 7) is 3.79. The van der Waals surface area contributed by atoms with Gasteiger partial charge >= 0.3 is 0 Å². The van der Waals surface area contributed by atoms with E-state index in [0.717, 1.165) is 5.56 Å². The molecule has 1 aliphatic heterocycles. The molecule has 1 aromatic carbocycles. The maximum Gasteiger partial charge on any atom is 0.154 e. The predicted molar refractivity (Wildman–Crippen MR) is 74.7 cm³/mol. The SMILES string of the molecule is CC1CCS(=O)(=O)C(C)C(c2cccc(Cl)c2)N1. The number of nitrogens with one attached hydrogen (secondary N) is 1. The van der Waals surface area contributed by atoms with E-state index in [2.05, 4.69) is 5.32 Å². The number of hydrogen-bond acceptors (Lipinski definition) is 3.